The molecule has 0 amide bonds. The van der Waals surface area contributed by atoms with Crippen LogP contribution in [0.5, 0.6) is 0 Å². The average molecular weight is 1660 g/mol. The summed E-state index contributed by atoms with van der Waals surface area (Å²) in [5.41, 5.74) is 16.8. The fourth-order valence-corrected chi connectivity index (χ4v) is 12.8. The van der Waals surface area contributed by atoms with Gasteiger partial charge in [0.1, 0.15) is 0 Å². The van der Waals surface area contributed by atoms with E-state index in [0.717, 1.165) is 273 Å². The Morgan fingerprint density at radius 1 is 0.280 bits per heavy atom. The maximum Gasteiger partial charge on any atom is 0.0701 e. The molecule has 1 aromatic heterocycles. The Morgan fingerprint density at radius 2 is 0.576 bits per heavy atom. The minimum atomic E-state index is 0.645. The second-order valence-corrected chi connectivity index (χ2v) is 31.7. The Labute approximate surface area is 727 Å². The number of hydrogen-bond donors (Lipinski definition) is 6. The third-order valence-electron chi connectivity index (χ3n) is 19.8. The lowest BCUT2D eigenvalue weighted by atomic mass is 10.1. The topological polar surface area (TPSA) is 180 Å². The summed E-state index contributed by atoms with van der Waals surface area (Å²) in [4.78, 5) is 24.0. The Kier molecular flexibility index (Phi) is 83.6. The Hall–Kier alpha value is -3.99. The van der Waals surface area contributed by atoms with Gasteiger partial charge in [0.05, 0.1) is 45.3 Å². The average Bonchev–Trinajstić information content (AvgIpc) is 0.874. The predicted molar refractivity (Wildman–Crippen MR) is 507 cm³/mol. The lowest BCUT2D eigenvalue weighted by molar-refractivity contribution is 0.0148. The van der Waals surface area contributed by atoms with Gasteiger partial charge in [0.25, 0.3) is 0 Å². The number of benzene rings is 3. The van der Waals surface area contributed by atoms with Crippen LogP contribution >= 0.6 is 0 Å². The number of hydrogen-bond acceptors (Lipinski definition) is 21. The number of nitrogens with two attached hydrogens (primary N) is 1. The molecule has 0 bridgehead atoms. The first-order chi connectivity index (χ1) is 57.6. The second kappa shape index (κ2) is 86.5. The highest BCUT2D eigenvalue weighted by atomic mass is 16.5. The van der Waals surface area contributed by atoms with Gasteiger partial charge in [-0.25, -0.2) is 0 Å². The fraction of sp³-hybridized carbons (Fsp3) is 0.763. The van der Waals surface area contributed by atoms with E-state index < -0.39 is 0 Å². The molecule has 3 heterocycles. The van der Waals surface area contributed by atoms with Gasteiger partial charge in [-0.1, -0.05) is 162 Å². The van der Waals surface area contributed by atoms with Crippen molar-refractivity contribution in [1.82, 2.24) is 70.8 Å². The summed E-state index contributed by atoms with van der Waals surface area (Å²) in [6, 6.07) is 31.6. The number of ether oxygens (including phenoxy) is 6. The SMILES string of the molecule is CCCN(C)CCN(C)CCC.CCCN(C)CCN(C)Cc1ccc(CC)cc1.CCCOCCC.CCCOCCOCCC.CCCOCCOCCOCCC.CCc1ccc(CN(C)Cc2ccc(CC)cn2)cc1.NCN1CCCN(Cc2ccc(CN3CCCNCCNCCCNCC3)cc2)CCNCCCNCC1. The van der Waals surface area contributed by atoms with Crippen LogP contribution in [0.25, 0.3) is 0 Å². The molecular weight excluding hydrogens is 1470 g/mol. The zero-order chi connectivity index (χ0) is 86.6. The van der Waals surface area contributed by atoms with Crippen molar-refractivity contribution in [2.24, 2.45) is 5.73 Å². The van der Waals surface area contributed by atoms with E-state index in [1.54, 1.807) is 0 Å². The van der Waals surface area contributed by atoms with Gasteiger partial charge in [0.2, 0.25) is 0 Å². The zero-order valence-corrected chi connectivity index (χ0v) is 79.5. The minimum absolute atomic E-state index is 0.645. The molecule has 4 aromatic rings. The number of aryl methyl sites for hydroxylation is 3. The molecule has 118 heavy (non-hydrogen) atoms. The third kappa shape index (κ3) is 72.5. The fourth-order valence-electron chi connectivity index (χ4n) is 12.8. The lowest BCUT2D eigenvalue weighted by Gasteiger charge is -2.26. The molecule has 0 spiro atoms. The van der Waals surface area contributed by atoms with Gasteiger partial charge >= 0.3 is 0 Å². The summed E-state index contributed by atoms with van der Waals surface area (Å²) >= 11 is 0. The number of rotatable bonds is 47. The van der Waals surface area contributed by atoms with Crippen molar-refractivity contribution in [3.05, 3.63) is 136 Å². The van der Waals surface area contributed by atoms with Crippen LogP contribution < -0.4 is 32.3 Å². The maximum atomic E-state index is 6.00. The van der Waals surface area contributed by atoms with E-state index in [4.69, 9.17) is 34.2 Å². The van der Waals surface area contributed by atoms with E-state index in [1.807, 2.05) is 6.20 Å². The van der Waals surface area contributed by atoms with Gasteiger partial charge in [-0.05, 0) is 248 Å². The number of likely N-dealkylation sites (N-methyl/N-ethyl adjacent to an activating group) is 4. The first-order valence-corrected chi connectivity index (χ1v) is 47.1. The van der Waals surface area contributed by atoms with Gasteiger partial charge in [0, 0.05) is 170 Å². The molecule has 0 radical (unpaired) electrons. The van der Waals surface area contributed by atoms with Crippen LogP contribution in [0, 0.1) is 0 Å². The molecule has 0 aliphatic carbocycles. The molecule has 7 N–H and O–H groups in total. The smallest absolute Gasteiger partial charge is 0.0701 e. The van der Waals surface area contributed by atoms with Gasteiger partial charge < -0.3 is 80.3 Å². The molecule has 0 unspecified atom stereocenters. The van der Waals surface area contributed by atoms with Gasteiger partial charge in [0.15, 0.2) is 0 Å². The van der Waals surface area contributed by atoms with Gasteiger partial charge in [-0.2, -0.15) is 0 Å². The standard InChI is InChI=1S/C29H57N9.C18H24N2.C16H28N2.C10H24N2.C10H22O3.C8H18O2.C6H14O/c30-27-38-21-4-20-37(23-17-34-11-2-12-35-18-24-38)26-29-7-5-28(6-8-29)25-36-19-3-13-32-15-14-31-9-1-10-33-16-22-36;1-4-15-6-8-17(9-7-15)13-20(3)14-18-11-10-16(5-2)12-19-18;1-5-11-17(3)12-13-18(4)14-16-9-7-15(6-2)8-10-16;1-5-7-11(3)9-10-12(4)8-6-2;1-3-5-11-7-9-13-10-8-12-6-4-2;1-3-5-9-7-8-10-6-4-2;1-3-5-7-6-4-2/h5-8,31-35H,1-4,9-27,30H2;6-12H,4-5,13-14H2,1-3H3;7-10H,5-6,11-14H2,1-4H3;5-10H2,1-4H3;3-10H2,1-2H3;3-8H2,1-2H3;3-6H2,1-2H3. The summed E-state index contributed by atoms with van der Waals surface area (Å²) in [5.74, 6) is 0. The monoisotopic (exact) mass is 1660 g/mol. The summed E-state index contributed by atoms with van der Waals surface area (Å²) in [6.07, 6.45) is 20.3. The van der Waals surface area contributed by atoms with Gasteiger partial charge in [-0.15, -0.1) is 0 Å². The van der Waals surface area contributed by atoms with Crippen LogP contribution in [0.1, 0.15) is 211 Å². The number of nitrogens with one attached hydrogen (secondary N) is 5. The number of nitrogens with zero attached hydrogens (tertiary/aromatic N) is 9. The summed E-state index contributed by atoms with van der Waals surface area (Å²) in [6.45, 7) is 66.5. The van der Waals surface area contributed by atoms with Crippen molar-refractivity contribution >= 4 is 0 Å². The molecule has 686 valence electrons. The van der Waals surface area contributed by atoms with Crippen molar-refractivity contribution < 1.29 is 28.4 Å². The molecule has 6 rings (SSSR count). The first-order valence-electron chi connectivity index (χ1n) is 47.1. The number of pyridine rings is 1. The van der Waals surface area contributed by atoms with Crippen molar-refractivity contribution in [3.8, 4) is 0 Å². The van der Waals surface area contributed by atoms with Crippen LogP contribution in [-0.2, 0) is 80.4 Å². The normalized spacial score (nSPS) is 14.7. The van der Waals surface area contributed by atoms with E-state index in [1.165, 1.54) is 110 Å². The molecule has 3 aromatic carbocycles. The van der Waals surface area contributed by atoms with Crippen LogP contribution in [-0.4, -0.2) is 316 Å². The predicted octanol–water partition coefficient (Wildman–Crippen LogP) is 14.1. The molecule has 0 saturated carbocycles. The lowest BCUT2D eigenvalue weighted by Crippen LogP contribution is -2.40. The molecule has 2 fully saturated rings. The summed E-state index contributed by atoms with van der Waals surface area (Å²) in [7, 11) is 10.9. The molecule has 0 atom stereocenters. The second-order valence-electron chi connectivity index (χ2n) is 31.7. The Balaban J connectivity index is 0.00000146. The summed E-state index contributed by atoms with van der Waals surface area (Å²) in [5, 5.41) is 17.9. The first kappa shape index (κ1) is 114. The number of aromatic nitrogens is 1. The largest absolute Gasteiger partial charge is 0.381 e. The molecule has 2 aliphatic rings. The van der Waals surface area contributed by atoms with Crippen LogP contribution in [0.4, 0.5) is 0 Å². The molecule has 21 nitrogen and oxygen atoms in total. The molecule has 2 aliphatic heterocycles. The van der Waals surface area contributed by atoms with E-state index in [2.05, 4.69) is 274 Å². The van der Waals surface area contributed by atoms with Crippen molar-refractivity contribution in [1.29, 1.82) is 0 Å². The van der Waals surface area contributed by atoms with Crippen molar-refractivity contribution in [2.45, 2.75) is 219 Å². The summed E-state index contributed by atoms with van der Waals surface area (Å²) < 4.78 is 31.3. The molecule has 21 heteroatoms. The third-order valence-corrected chi connectivity index (χ3v) is 19.8. The van der Waals surface area contributed by atoms with E-state index in [0.29, 0.717) is 33.1 Å². The van der Waals surface area contributed by atoms with Crippen LogP contribution in [0.15, 0.2) is 91.1 Å². The van der Waals surface area contributed by atoms with Gasteiger partial charge in [-0.3, -0.25) is 24.6 Å². The highest BCUT2D eigenvalue weighted by molar-refractivity contribution is 5.24. The Bertz CT molecular complexity index is 2550. The highest BCUT2D eigenvalue weighted by Crippen LogP contribution is 2.14. The Morgan fingerprint density at radius 3 is 0.924 bits per heavy atom. The zero-order valence-electron chi connectivity index (χ0n) is 79.5. The van der Waals surface area contributed by atoms with Crippen molar-refractivity contribution in [2.75, 3.05) is 272 Å². The van der Waals surface area contributed by atoms with Crippen molar-refractivity contribution in [3.63, 3.8) is 0 Å². The van der Waals surface area contributed by atoms with Crippen LogP contribution in [0.2, 0.25) is 0 Å². The minimum Gasteiger partial charge on any atom is -0.381 e. The molecule has 2 saturated heterocycles. The van der Waals surface area contributed by atoms with E-state index in [9.17, 15) is 0 Å². The highest BCUT2D eigenvalue weighted by Gasteiger charge is 2.13. The van der Waals surface area contributed by atoms with E-state index in [-0.39, 0.29) is 0 Å². The van der Waals surface area contributed by atoms with Crippen LogP contribution in [0.3, 0.4) is 0 Å². The van der Waals surface area contributed by atoms with E-state index >= 15 is 0 Å². The maximum absolute atomic E-state index is 6.00. The molecular formula is C97H187N15O6. The quantitative estimate of drug-likeness (QED) is 0.0230.